The highest BCUT2D eigenvalue weighted by Crippen LogP contribution is 2.42. The van der Waals surface area contributed by atoms with Crippen LogP contribution in [0, 0.1) is 0 Å². The summed E-state index contributed by atoms with van der Waals surface area (Å²) in [5.41, 5.74) is 5.46. The SMILES string of the molecule is NC(=O)COc1ccc(C(=O)Nc2nnc(C3CC3)s2)cc1. The van der Waals surface area contributed by atoms with Crippen molar-refractivity contribution in [3.8, 4) is 5.75 Å². The number of anilines is 1. The molecule has 0 unspecified atom stereocenters. The third kappa shape index (κ3) is 3.59. The molecule has 2 aromatic rings. The monoisotopic (exact) mass is 318 g/mol. The molecule has 0 spiro atoms. The van der Waals surface area contributed by atoms with Crippen molar-refractivity contribution in [2.45, 2.75) is 18.8 Å². The van der Waals surface area contributed by atoms with Gasteiger partial charge in [-0.05, 0) is 37.1 Å². The quantitative estimate of drug-likeness (QED) is 0.840. The molecular formula is C14H14N4O3S. The molecule has 1 aliphatic rings. The molecule has 114 valence electrons. The van der Waals surface area contributed by atoms with Crippen molar-refractivity contribution in [3.05, 3.63) is 34.8 Å². The zero-order valence-corrected chi connectivity index (χ0v) is 12.4. The number of amides is 2. The molecular weight excluding hydrogens is 304 g/mol. The van der Waals surface area contributed by atoms with E-state index in [9.17, 15) is 9.59 Å². The number of carbonyl (C=O) groups excluding carboxylic acids is 2. The number of primary amides is 1. The van der Waals surface area contributed by atoms with E-state index < -0.39 is 5.91 Å². The second-order valence-electron chi connectivity index (χ2n) is 4.95. The van der Waals surface area contributed by atoms with Crippen LogP contribution in [0.25, 0.3) is 0 Å². The summed E-state index contributed by atoms with van der Waals surface area (Å²) in [5.74, 6) is 0.177. The van der Waals surface area contributed by atoms with Crippen LogP contribution in [0.4, 0.5) is 5.13 Å². The normalized spacial score (nSPS) is 13.6. The van der Waals surface area contributed by atoms with Gasteiger partial charge in [-0.15, -0.1) is 10.2 Å². The van der Waals surface area contributed by atoms with Crippen LogP contribution >= 0.6 is 11.3 Å². The van der Waals surface area contributed by atoms with E-state index in [1.807, 2.05) is 0 Å². The number of hydrogen-bond donors (Lipinski definition) is 2. The Morgan fingerprint density at radius 1 is 1.27 bits per heavy atom. The fourth-order valence-corrected chi connectivity index (χ4v) is 2.71. The van der Waals surface area contributed by atoms with Gasteiger partial charge in [0.1, 0.15) is 10.8 Å². The van der Waals surface area contributed by atoms with E-state index in [2.05, 4.69) is 15.5 Å². The first-order valence-electron chi connectivity index (χ1n) is 6.78. The predicted octanol–water partition coefficient (Wildman–Crippen LogP) is 1.53. The fraction of sp³-hybridized carbons (Fsp3) is 0.286. The number of carbonyl (C=O) groups is 2. The molecule has 1 aromatic carbocycles. The first kappa shape index (κ1) is 14.5. The Kier molecular flexibility index (Phi) is 4.01. The summed E-state index contributed by atoms with van der Waals surface area (Å²) in [4.78, 5) is 22.7. The molecule has 1 heterocycles. The third-order valence-electron chi connectivity index (χ3n) is 3.09. The number of nitrogens with two attached hydrogens (primary N) is 1. The third-order valence-corrected chi connectivity index (χ3v) is 4.09. The molecule has 0 saturated heterocycles. The van der Waals surface area contributed by atoms with Crippen molar-refractivity contribution < 1.29 is 14.3 Å². The van der Waals surface area contributed by atoms with Gasteiger partial charge in [0, 0.05) is 11.5 Å². The van der Waals surface area contributed by atoms with Gasteiger partial charge in [0.05, 0.1) is 0 Å². The summed E-state index contributed by atoms with van der Waals surface area (Å²) < 4.78 is 5.13. The number of rotatable bonds is 6. The van der Waals surface area contributed by atoms with Crippen LogP contribution in [-0.2, 0) is 4.79 Å². The van der Waals surface area contributed by atoms with E-state index in [4.69, 9.17) is 10.5 Å². The number of benzene rings is 1. The molecule has 0 atom stereocenters. The molecule has 0 radical (unpaired) electrons. The van der Waals surface area contributed by atoms with E-state index in [0.29, 0.717) is 22.4 Å². The lowest BCUT2D eigenvalue weighted by atomic mass is 10.2. The van der Waals surface area contributed by atoms with Crippen LogP contribution in [-0.4, -0.2) is 28.6 Å². The van der Waals surface area contributed by atoms with Crippen molar-refractivity contribution in [3.63, 3.8) is 0 Å². The number of nitrogens with one attached hydrogen (secondary N) is 1. The standard InChI is InChI=1S/C14H14N4O3S/c15-11(19)7-21-10-5-3-8(4-6-10)12(20)16-14-18-17-13(22-14)9-1-2-9/h3-6,9H,1-2,7H2,(H2,15,19)(H,16,18,20). The van der Waals surface area contributed by atoms with Gasteiger partial charge in [0.25, 0.3) is 11.8 Å². The molecule has 2 amide bonds. The average Bonchev–Trinajstić information content (AvgIpc) is 3.26. The molecule has 3 rings (SSSR count). The molecule has 1 saturated carbocycles. The van der Waals surface area contributed by atoms with Crippen LogP contribution in [0.1, 0.15) is 34.1 Å². The highest BCUT2D eigenvalue weighted by Gasteiger charge is 2.27. The molecule has 0 aliphatic heterocycles. The molecule has 3 N–H and O–H groups in total. The zero-order valence-electron chi connectivity index (χ0n) is 11.6. The summed E-state index contributed by atoms with van der Waals surface area (Å²) in [6.45, 7) is -0.194. The Morgan fingerprint density at radius 2 is 2.00 bits per heavy atom. The van der Waals surface area contributed by atoms with Crippen molar-refractivity contribution >= 4 is 28.3 Å². The van der Waals surface area contributed by atoms with Gasteiger partial charge >= 0.3 is 0 Å². The fourth-order valence-electron chi connectivity index (χ4n) is 1.81. The lowest BCUT2D eigenvalue weighted by Gasteiger charge is -2.05. The van der Waals surface area contributed by atoms with Gasteiger partial charge in [-0.3, -0.25) is 14.9 Å². The number of aromatic nitrogens is 2. The van der Waals surface area contributed by atoms with E-state index in [1.165, 1.54) is 11.3 Å². The van der Waals surface area contributed by atoms with Crippen LogP contribution in [0.3, 0.4) is 0 Å². The Hall–Kier alpha value is -2.48. The van der Waals surface area contributed by atoms with Crippen molar-refractivity contribution in [1.29, 1.82) is 0 Å². The molecule has 8 heteroatoms. The second kappa shape index (κ2) is 6.10. The van der Waals surface area contributed by atoms with Crippen LogP contribution in [0.15, 0.2) is 24.3 Å². The Labute approximate surface area is 130 Å². The highest BCUT2D eigenvalue weighted by atomic mass is 32.1. The Morgan fingerprint density at radius 3 is 2.64 bits per heavy atom. The zero-order chi connectivity index (χ0) is 15.5. The average molecular weight is 318 g/mol. The lowest BCUT2D eigenvalue weighted by Crippen LogP contribution is -2.20. The van der Waals surface area contributed by atoms with Gasteiger partial charge in [-0.25, -0.2) is 0 Å². The number of hydrogen-bond acceptors (Lipinski definition) is 6. The summed E-state index contributed by atoms with van der Waals surface area (Å²) >= 11 is 1.41. The van der Waals surface area contributed by atoms with Crippen molar-refractivity contribution in [2.24, 2.45) is 5.73 Å². The Bertz CT molecular complexity index is 694. The van der Waals surface area contributed by atoms with Gasteiger partial charge in [-0.1, -0.05) is 11.3 Å². The largest absolute Gasteiger partial charge is 0.484 e. The lowest BCUT2D eigenvalue weighted by molar-refractivity contribution is -0.119. The van der Waals surface area contributed by atoms with Gasteiger partial charge in [0.15, 0.2) is 6.61 Å². The van der Waals surface area contributed by atoms with Gasteiger partial charge < -0.3 is 10.5 Å². The van der Waals surface area contributed by atoms with E-state index >= 15 is 0 Å². The minimum atomic E-state index is -0.551. The van der Waals surface area contributed by atoms with Crippen LogP contribution in [0.5, 0.6) is 5.75 Å². The van der Waals surface area contributed by atoms with E-state index in [1.54, 1.807) is 24.3 Å². The summed E-state index contributed by atoms with van der Waals surface area (Å²) in [5, 5.41) is 12.2. The molecule has 1 aromatic heterocycles. The molecule has 1 aliphatic carbocycles. The number of ether oxygens (including phenoxy) is 1. The smallest absolute Gasteiger partial charge is 0.257 e. The maximum Gasteiger partial charge on any atom is 0.257 e. The number of nitrogens with zero attached hydrogens (tertiary/aromatic N) is 2. The topological polar surface area (TPSA) is 107 Å². The van der Waals surface area contributed by atoms with Crippen LogP contribution in [0.2, 0.25) is 0 Å². The maximum absolute atomic E-state index is 12.1. The summed E-state index contributed by atoms with van der Waals surface area (Å²) in [6, 6.07) is 6.42. The first-order valence-corrected chi connectivity index (χ1v) is 7.59. The van der Waals surface area contributed by atoms with E-state index in [0.717, 1.165) is 17.8 Å². The van der Waals surface area contributed by atoms with Gasteiger partial charge in [0.2, 0.25) is 5.13 Å². The minimum Gasteiger partial charge on any atom is -0.484 e. The summed E-state index contributed by atoms with van der Waals surface area (Å²) in [7, 11) is 0. The first-order chi connectivity index (χ1) is 10.6. The second-order valence-corrected chi connectivity index (χ2v) is 5.96. The predicted molar refractivity (Wildman–Crippen MR) is 81.0 cm³/mol. The van der Waals surface area contributed by atoms with E-state index in [-0.39, 0.29) is 12.5 Å². The molecule has 1 fully saturated rings. The van der Waals surface area contributed by atoms with Crippen molar-refractivity contribution in [1.82, 2.24) is 10.2 Å². The molecule has 7 nitrogen and oxygen atoms in total. The highest BCUT2D eigenvalue weighted by molar-refractivity contribution is 7.15. The van der Waals surface area contributed by atoms with Gasteiger partial charge in [-0.2, -0.15) is 0 Å². The summed E-state index contributed by atoms with van der Waals surface area (Å²) in [6.07, 6.45) is 2.30. The maximum atomic E-state index is 12.1. The molecule has 22 heavy (non-hydrogen) atoms. The Balaban J connectivity index is 1.60. The van der Waals surface area contributed by atoms with Crippen LogP contribution < -0.4 is 15.8 Å². The molecule has 0 bridgehead atoms. The minimum absolute atomic E-state index is 0.194. The van der Waals surface area contributed by atoms with Crippen molar-refractivity contribution in [2.75, 3.05) is 11.9 Å².